The van der Waals surface area contributed by atoms with Gasteiger partial charge in [-0.05, 0) is 22.0 Å². The number of anilines is 1. The van der Waals surface area contributed by atoms with Crippen molar-refractivity contribution < 1.29 is 9.13 Å². The van der Waals surface area contributed by atoms with E-state index in [2.05, 4.69) is 36.8 Å². The lowest BCUT2D eigenvalue weighted by atomic mass is 10.4. The van der Waals surface area contributed by atoms with E-state index in [-0.39, 0.29) is 5.82 Å². The van der Waals surface area contributed by atoms with Crippen molar-refractivity contribution in [2.75, 3.05) is 37.0 Å². The molecule has 0 aliphatic rings. The van der Waals surface area contributed by atoms with Crippen LogP contribution in [-0.2, 0) is 4.74 Å². The molecule has 0 unspecified atom stereocenters. The lowest BCUT2D eigenvalue weighted by Crippen LogP contribution is -2.30. The average Bonchev–Trinajstić information content (AvgIpc) is 2.25. The third kappa shape index (κ3) is 3.99. The molecule has 0 fully saturated rings. The second-order valence-electron chi connectivity index (χ2n) is 3.13. The van der Waals surface area contributed by atoms with Gasteiger partial charge < -0.3 is 9.64 Å². The van der Waals surface area contributed by atoms with Gasteiger partial charge in [0.15, 0.2) is 11.6 Å². The van der Waals surface area contributed by atoms with E-state index in [0.717, 1.165) is 5.33 Å². The number of ether oxygens (including phenoxy) is 1. The fourth-order valence-corrected chi connectivity index (χ4v) is 2.00. The molecule has 90 valence electrons. The molecule has 1 rings (SSSR count). The Morgan fingerprint density at radius 2 is 2.25 bits per heavy atom. The summed E-state index contributed by atoms with van der Waals surface area (Å²) < 4.78 is 19.3. The zero-order chi connectivity index (χ0) is 12.0. The van der Waals surface area contributed by atoms with Gasteiger partial charge in [-0.2, -0.15) is 0 Å². The molecule has 0 aliphatic carbocycles. The molecule has 0 aliphatic heterocycles. The normalized spacial score (nSPS) is 10.5. The Bertz CT molecular complexity index is 339. The fraction of sp³-hybridized carbons (Fsp3) is 0.500. The van der Waals surface area contributed by atoms with Gasteiger partial charge in [-0.3, -0.25) is 0 Å². The molecular formula is C10H13Br2FN2O. The van der Waals surface area contributed by atoms with Crippen LogP contribution >= 0.6 is 31.9 Å². The third-order valence-electron chi connectivity index (χ3n) is 2.01. The first-order valence-electron chi connectivity index (χ1n) is 4.80. The zero-order valence-electron chi connectivity index (χ0n) is 8.92. The lowest BCUT2D eigenvalue weighted by molar-refractivity contribution is 0.205. The minimum Gasteiger partial charge on any atom is -0.383 e. The highest BCUT2D eigenvalue weighted by Gasteiger charge is 2.12. The molecule has 1 aromatic rings. The van der Waals surface area contributed by atoms with E-state index in [9.17, 15) is 4.39 Å². The molecule has 1 heterocycles. The number of hydrogen-bond donors (Lipinski definition) is 0. The highest BCUT2D eigenvalue weighted by atomic mass is 79.9. The number of alkyl halides is 1. The molecule has 0 radical (unpaired) electrons. The van der Waals surface area contributed by atoms with E-state index < -0.39 is 0 Å². The maximum atomic E-state index is 13.7. The summed E-state index contributed by atoms with van der Waals surface area (Å²) >= 11 is 6.52. The number of methoxy groups -OCH3 is 1. The molecule has 0 spiro atoms. The van der Waals surface area contributed by atoms with Crippen molar-refractivity contribution in [3.05, 3.63) is 22.6 Å². The van der Waals surface area contributed by atoms with Gasteiger partial charge in [-0.1, -0.05) is 15.9 Å². The molecule has 0 amide bonds. The summed E-state index contributed by atoms with van der Waals surface area (Å²) in [5.41, 5.74) is 0. The Kier molecular flexibility index (Phi) is 6.23. The van der Waals surface area contributed by atoms with E-state index in [0.29, 0.717) is 30.0 Å². The highest BCUT2D eigenvalue weighted by molar-refractivity contribution is 9.10. The summed E-state index contributed by atoms with van der Waals surface area (Å²) in [4.78, 5) is 5.92. The van der Waals surface area contributed by atoms with Gasteiger partial charge in [0.1, 0.15) is 0 Å². The first kappa shape index (κ1) is 13.9. The van der Waals surface area contributed by atoms with E-state index >= 15 is 0 Å². The largest absolute Gasteiger partial charge is 0.383 e. The number of hydrogen-bond acceptors (Lipinski definition) is 3. The molecule has 0 saturated heterocycles. The van der Waals surface area contributed by atoms with E-state index in [1.807, 2.05) is 4.90 Å². The summed E-state index contributed by atoms with van der Waals surface area (Å²) in [6.07, 6.45) is 1.59. The molecule has 0 saturated carbocycles. The Labute approximate surface area is 111 Å². The Morgan fingerprint density at radius 1 is 1.50 bits per heavy atom. The van der Waals surface area contributed by atoms with Crippen LogP contribution in [0.5, 0.6) is 0 Å². The van der Waals surface area contributed by atoms with Crippen LogP contribution in [0.2, 0.25) is 0 Å². The fourth-order valence-electron chi connectivity index (χ4n) is 1.27. The molecular weight excluding hydrogens is 343 g/mol. The molecule has 0 atom stereocenters. The highest BCUT2D eigenvalue weighted by Crippen LogP contribution is 2.19. The number of halogens is 3. The van der Waals surface area contributed by atoms with Crippen molar-refractivity contribution in [3.8, 4) is 0 Å². The molecule has 16 heavy (non-hydrogen) atoms. The van der Waals surface area contributed by atoms with E-state index in [1.54, 1.807) is 13.3 Å². The monoisotopic (exact) mass is 354 g/mol. The summed E-state index contributed by atoms with van der Waals surface area (Å²) in [6.45, 7) is 1.85. The van der Waals surface area contributed by atoms with E-state index in [1.165, 1.54) is 6.07 Å². The number of nitrogens with zero attached hydrogens (tertiary/aromatic N) is 2. The van der Waals surface area contributed by atoms with Crippen molar-refractivity contribution >= 4 is 37.7 Å². The van der Waals surface area contributed by atoms with Crippen LogP contribution in [0.25, 0.3) is 0 Å². The molecule has 1 aromatic heterocycles. The van der Waals surface area contributed by atoms with Crippen LogP contribution in [0.4, 0.5) is 10.2 Å². The van der Waals surface area contributed by atoms with Crippen LogP contribution in [-0.4, -0.2) is 37.1 Å². The summed E-state index contributed by atoms with van der Waals surface area (Å²) in [6, 6.07) is 1.41. The Hall–Kier alpha value is -0.200. The lowest BCUT2D eigenvalue weighted by Gasteiger charge is -2.22. The molecule has 0 aromatic carbocycles. The summed E-state index contributed by atoms with van der Waals surface area (Å²) in [7, 11) is 1.62. The van der Waals surface area contributed by atoms with E-state index in [4.69, 9.17) is 4.74 Å². The maximum Gasteiger partial charge on any atom is 0.166 e. The quantitative estimate of drug-likeness (QED) is 0.734. The van der Waals surface area contributed by atoms with Gasteiger partial charge in [0.05, 0.1) is 6.61 Å². The Morgan fingerprint density at radius 3 is 2.81 bits per heavy atom. The van der Waals surface area contributed by atoms with Gasteiger partial charge in [0.2, 0.25) is 0 Å². The predicted octanol–water partition coefficient (Wildman–Crippen LogP) is 2.83. The Balaban J connectivity index is 2.82. The second-order valence-corrected chi connectivity index (χ2v) is 4.84. The van der Waals surface area contributed by atoms with Crippen molar-refractivity contribution in [1.29, 1.82) is 0 Å². The molecule has 3 nitrogen and oxygen atoms in total. The van der Waals surface area contributed by atoms with Crippen molar-refractivity contribution in [3.63, 3.8) is 0 Å². The molecule has 0 N–H and O–H groups in total. The average molecular weight is 356 g/mol. The van der Waals surface area contributed by atoms with Gasteiger partial charge in [0, 0.05) is 36.2 Å². The van der Waals surface area contributed by atoms with Crippen LogP contribution in [0.1, 0.15) is 0 Å². The first-order valence-corrected chi connectivity index (χ1v) is 6.71. The van der Waals surface area contributed by atoms with Crippen LogP contribution in [0.3, 0.4) is 0 Å². The van der Waals surface area contributed by atoms with Crippen molar-refractivity contribution in [1.82, 2.24) is 4.98 Å². The number of pyridine rings is 1. The SMILES string of the molecule is COCCN(CCBr)c1ncc(Br)cc1F. The van der Waals surface area contributed by atoms with Crippen LogP contribution < -0.4 is 4.90 Å². The first-order chi connectivity index (χ1) is 7.69. The summed E-state index contributed by atoms with van der Waals surface area (Å²) in [5.74, 6) is 0.0335. The van der Waals surface area contributed by atoms with Crippen molar-refractivity contribution in [2.24, 2.45) is 0 Å². The summed E-state index contributed by atoms with van der Waals surface area (Å²) in [5, 5.41) is 0.758. The minimum atomic E-state index is -0.327. The second kappa shape index (κ2) is 7.19. The number of rotatable bonds is 6. The zero-order valence-corrected chi connectivity index (χ0v) is 12.1. The minimum absolute atomic E-state index is 0.327. The van der Waals surface area contributed by atoms with Gasteiger partial charge >= 0.3 is 0 Å². The molecule has 0 bridgehead atoms. The standard InChI is InChI=1S/C10H13Br2FN2O/c1-16-5-4-15(3-2-11)10-9(13)6-8(12)7-14-10/h6-7H,2-5H2,1H3. The van der Waals surface area contributed by atoms with Gasteiger partial charge in [-0.15, -0.1) is 0 Å². The van der Waals surface area contributed by atoms with Crippen LogP contribution in [0.15, 0.2) is 16.7 Å². The smallest absolute Gasteiger partial charge is 0.166 e. The van der Waals surface area contributed by atoms with Gasteiger partial charge in [-0.25, -0.2) is 9.37 Å². The van der Waals surface area contributed by atoms with Crippen molar-refractivity contribution in [2.45, 2.75) is 0 Å². The van der Waals surface area contributed by atoms with Crippen LogP contribution in [0, 0.1) is 5.82 Å². The maximum absolute atomic E-state index is 13.7. The topological polar surface area (TPSA) is 25.4 Å². The third-order valence-corrected chi connectivity index (χ3v) is 2.80. The predicted molar refractivity (Wildman–Crippen MR) is 69.8 cm³/mol. The number of aromatic nitrogens is 1. The van der Waals surface area contributed by atoms with Gasteiger partial charge in [0.25, 0.3) is 0 Å². The molecule has 6 heteroatoms.